The number of amides is 2. The maximum atomic E-state index is 14.1. The first-order chi connectivity index (χ1) is 16.1. The van der Waals surface area contributed by atoms with Crippen molar-refractivity contribution in [2.75, 3.05) is 11.9 Å². The predicted octanol–water partition coefficient (Wildman–Crippen LogP) is 5.18. The van der Waals surface area contributed by atoms with E-state index >= 15 is 0 Å². The van der Waals surface area contributed by atoms with Gasteiger partial charge in [-0.05, 0) is 67.8 Å². The number of nitrogens with one attached hydrogen (secondary N) is 2. The molecule has 1 unspecified atom stereocenters. The average molecular weight is 466 g/mol. The number of anilines is 1. The molecule has 2 N–H and O–H groups in total. The molecule has 6 nitrogen and oxygen atoms in total. The fraction of sp³-hybridized carbons (Fsp3) is 0.269. The smallest absolute Gasteiger partial charge is 0.407 e. The molecule has 2 heterocycles. The van der Waals surface area contributed by atoms with Gasteiger partial charge in [0.15, 0.2) is 0 Å². The zero-order valence-corrected chi connectivity index (χ0v) is 19.1. The third-order valence-corrected chi connectivity index (χ3v) is 5.35. The number of halogens is 2. The Bertz CT molecular complexity index is 1230. The molecule has 176 valence electrons. The normalized spacial score (nSPS) is 13.7. The lowest BCUT2D eigenvalue weighted by Gasteiger charge is -2.23. The van der Waals surface area contributed by atoms with Crippen LogP contribution in [0.1, 0.15) is 43.5 Å². The summed E-state index contributed by atoms with van der Waals surface area (Å²) >= 11 is 0. The summed E-state index contributed by atoms with van der Waals surface area (Å²) in [6.45, 7) is 5.25. The number of ether oxygens (including phenoxy) is 1. The van der Waals surface area contributed by atoms with E-state index in [1.165, 1.54) is 12.1 Å². The molecule has 1 aliphatic heterocycles. The molecule has 34 heavy (non-hydrogen) atoms. The lowest BCUT2D eigenvalue weighted by atomic mass is 9.89. The SMILES string of the molecule is CC(C)(C)OC(=O)NCC(c1cc(F)cc(F)c1)c1ncccc1-c1ccc2c(c1)CC(=O)N2. The summed E-state index contributed by atoms with van der Waals surface area (Å²) < 4.78 is 33.6. The molecular formula is C26H25F2N3O3. The van der Waals surface area contributed by atoms with Crippen LogP contribution in [0.25, 0.3) is 11.1 Å². The highest BCUT2D eigenvalue weighted by atomic mass is 19.1. The molecule has 0 bridgehead atoms. The summed E-state index contributed by atoms with van der Waals surface area (Å²) in [7, 11) is 0. The van der Waals surface area contributed by atoms with Crippen LogP contribution in [0, 0.1) is 11.6 Å². The Labute approximate surface area is 196 Å². The van der Waals surface area contributed by atoms with Crippen LogP contribution in [-0.2, 0) is 16.0 Å². The van der Waals surface area contributed by atoms with Gasteiger partial charge in [0, 0.05) is 36.0 Å². The van der Waals surface area contributed by atoms with E-state index in [0.717, 1.165) is 28.4 Å². The van der Waals surface area contributed by atoms with Crippen molar-refractivity contribution < 1.29 is 23.1 Å². The minimum Gasteiger partial charge on any atom is -0.444 e. The molecule has 2 amide bonds. The van der Waals surface area contributed by atoms with Gasteiger partial charge < -0.3 is 15.4 Å². The number of benzene rings is 2. The van der Waals surface area contributed by atoms with Crippen molar-refractivity contribution in [2.24, 2.45) is 0 Å². The van der Waals surface area contributed by atoms with E-state index in [4.69, 9.17) is 4.74 Å². The lowest BCUT2D eigenvalue weighted by Crippen LogP contribution is -2.35. The van der Waals surface area contributed by atoms with Gasteiger partial charge in [0.2, 0.25) is 5.91 Å². The summed E-state index contributed by atoms with van der Waals surface area (Å²) in [5.74, 6) is -2.19. The number of alkyl carbamates (subject to hydrolysis) is 1. The number of fused-ring (bicyclic) bond motifs is 1. The fourth-order valence-electron chi connectivity index (χ4n) is 3.98. The number of rotatable bonds is 5. The predicted molar refractivity (Wildman–Crippen MR) is 124 cm³/mol. The molecular weight excluding hydrogens is 440 g/mol. The number of hydrogen-bond acceptors (Lipinski definition) is 4. The van der Waals surface area contributed by atoms with Gasteiger partial charge in [-0.1, -0.05) is 12.1 Å². The monoisotopic (exact) mass is 465 g/mol. The molecule has 4 rings (SSSR count). The Morgan fingerprint density at radius 2 is 1.88 bits per heavy atom. The maximum absolute atomic E-state index is 14.1. The Hall–Kier alpha value is -3.81. The third-order valence-electron chi connectivity index (χ3n) is 5.35. The van der Waals surface area contributed by atoms with Crippen LogP contribution in [0.3, 0.4) is 0 Å². The first kappa shape index (κ1) is 23.4. The quantitative estimate of drug-likeness (QED) is 0.544. The maximum Gasteiger partial charge on any atom is 0.407 e. The van der Waals surface area contributed by atoms with E-state index in [1.807, 2.05) is 24.3 Å². The van der Waals surface area contributed by atoms with Crippen molar-refractivity contribution in [3.05, 3.63) is 83.2 Å². The molecule has 8 heteroatoms. The van der Waals surface area contributed by atoms with E-state index in [0.29, 0.717) is 11.3 Å². The molecule has 0 fully saturated rings. The van der Waals surface area contributed by atoms with Gasteiger partial charge in [0.25, 0.3) is 0 Å². The highest BCUT2D eigenvalue weighted by Crippen LogP contribution is 2.35. The molecule has 0 saturated carbocycles. The zero-order chi connectivity index (χ0) is 24.5. The summed E-state index contributed by atoms with van der Waals surface area (Å²) in [6.07, 6.45) is 1.22. The highest BCUT2D eigenvalue weighted by molar-refractivity contribution is 5.99. The highest BCUT2D eigenvalue weighted by Gasteiger charge is 2.25. The van der Waals surface area contributed by atoms with E-state index in [9.17, 15) is 18.4 Å². The van der Waals surface area contributed by atoms with Crippen LogP contribution in [0.2, 0.25) is 0 Å². The molecule has 1 aromatic heterocycles. The van der Waals surface area contributed by atoms with Crippen molar-refractivity contribution in [3.8, 4) is 11.1 Å². The fourth-order valence-corrected chi connectivity index (χ4v) is 3.98. The van der Waals surface area contributed by atoms with Gasteiger partial charge >= 0.3 is 6.09 Å². The van der Waals surface area contributed by atoms with Crippen molar-refractivity contribution in [3.63, 3.8) is 0 Å². The largest absolute Gasteiger partial charge is 0.444 e. The van der Waals surface area contributed by atoms with Crippen LogP contribution in [0.5, 0.6) is 0 Å². The molecule has 0 saturated heterocycles. The summed E-state index contributed by atoms with van der Waals surface area (Å²) in [5.41, 5.74) is 3.30. The Morgan fingerprint density at radius 1 is 1.15 bits per heavy atom. The van der Waals surface area contributed by atoms with Crippen LogP contribution < -0.4 is 10.6 Å². The average Bonchev–Trinajstić information content (AvgIpc) is 3.11. The van der Waals surface area contributed by atoms with Crippen molar-refractivity contribution in [2.45, 2.75) is 38.7 Å². The minimum absolute atomic E-state index is 0.00675. The van der Waals surface area contributed by atoms with Crippen LogP contribution in [0.15, 0.2) is 54.7 Å². The van der Waals surface area contributed by atoms with E-state index in [-0.39, 0.29) is 18.9 Å². The number of pyridine rings is 1. The molecule has 1 atom stereocenters. The molecule has 3 aromatic rings. The van der Waals surface area contributed by atoms with Crippen LogP contribution in [-0.4, -0.2) is 29.1 Å². The van der Waals surface area contributed by atoms with Gasteiger partial charge in [0.1, 0.15) is 17.2 Å². The lowest BCUT2D eigenvalue weighted by molar-refractivity contribution is -0.115. The molecule has 0 spiro atoms. The number of hydrogen-bond donors (Lipinski definition) is 2. The zero-order valence-electron chi connectivity index (χ0n) is 19.1. The van der Waals surface area contributed by atoms with Gasteiger partial charge in [-0.25, -0.2) is 13.6 Å². The molecule has 0 aliphatic carbocycles. The Balaban J connectivity index is 1.74. The Kier molecular flexibility index (Phi) is 6.32. The van der Waals surface area contributed by atoms with Gasteiger partial charge in [-0.2, -0.15) is 0 Å². The number of carbonyl (C=O) groups excluding carboxylic acids is 2. The topological polar surface area (TPSA) is 80.3 Å². The van der Waals surface area contributed by atoms with Crippen molar-refractivity contribution in [1.82, 2.24) is 10.3 Å². The molecule has 0 radical (unpaired) electrons. The third kappa shape index (κ3) is 5.39. The van der Waals surface area contributed by atoms with Crippen molar-refractivity contribution >= 4 is 17.7 Å². The summed E-state index contributed by atoms with van der Waals surface area (Å²) in [5, 5.41) is 5.50. The Morgan fingerprint density at radius 3 is 2.59 bits per heavy atom. The number of carbonyl (C=O) groups is 2. The number of aromatic nitrogens is 1. The number of nitrogens with zero attached hydrogens (tertiary/aromatic N) is 1. The van der Waals surface area contributed by atoms with Gasteiger partial charge in [0.05, 0.1) is 12.1 Å². The van der Waals surface area contributed by atoms with E-state index in [1.54, 1.807) is 33.0 Å². The molecule has 2 aromatic carbocycles. The van der Waals surface area contributed by atoms with Crippen LogP contribution in [0.4, 0.5) is 19.3 Å². The first-order valence-corrected chi connectivity index (χ1v) is 10.9. The second kappa shape index (κ2) is 9.21. The van der Waals surface area contributed by atoms with Crippen LogP contribution >= 0.6 is 0 Å². The standard InChI is InChI=1S/C26H25F2N3O3/c1-26(2,3)34-25(33)30-14-21(16-10-18(27)13-19(28)11-16)24-20(5-4-8-29-24)15-6-7-22-17(9-15)12-23(32)31-22/h4-11,13,21H,12,14H2,1-3H3,(H,30,33)(H,31,32). The second-order valence-corrected chi connectivity index (χ2v) is 9.17. The minimum atomic E-state index is -0.725. The second-order valence-electron chi connectivity index (χ2n) is 9.17. The van der Waals surface area contributed by atoms with E-state index < -0.39 is 29.2 Å². The molecule has 1 aliphatic rings. The summed E-state index contributed by atoms with van der Waals surface area (Å²) in [6, 6.07) is 12.5. The van der Waals surface area contributed by atoms with Gasteiger partial charge in [-0.3, -0.25) is 9.78 Å². The van der Waals surface area contributed by atoms with E-state index in [2.05, 4.69) is 15.6 Å². The van der Waals surface area contributed by atoms with Gasteiger partial charge in [-0.15, -0.1) is 0 Å². The van der Waals surface area contributed by atoms with Crippen molar-refractivity contribution in [1.29, 1.82) is 0 Å². The first-order valence-electron chi connectivity index (χ1n) is 10.9. The summed E-state index contributed by atoms with van der Waals surface area (Å²) in [4.78, 5) is 28.6.